The topological polar surface area (TPSA) is 41.6 Å². The molecule has 0 radical (unpaired) electrons. The lowest BCUT2D eigenvalue weighted by Gasteiger charge is -2.29. The average molecular weight is 310 g/mol. The van der Waals surface area contributed by atoms with Gasteiger partial charge in [-0.05, 0) is 48.6 Å². The zero-order valence-corrected chi connectivity index (χ0v) is 13.4. The molecular weight excluding hydrogens is 288 g/mol. The fraction of sp³-hybridized carbons (Fsp3) is 0.316. The van der Waals surface area contributed by atoms with Crippen molar-refractivity contribution in [3.63, 3.8) is 0 Å². The first-order valence-corrected chi connectivity index (χ1v) is 8.04. The third-order valence-electron chi connectivity index (χ3n) is 4.18. The predicted molar refractivity (Wildman–Crippen MR) is 92.2 cm³/mol. The molecule has 4 nitrogen and oxygen atoms in total. The van der Waals surface area contributed by atoms with Crippen LogP contribution in [0.15, 0.2) is 48.5 Å². The number of carbonyl (C=O) groups is 1. The number of carbonyl (C=O) groups excluding carboxylic acids is 1. The SMILES string of the molecule is COc1cccc(CCNC(=O)N2CCCc3ccccc32)c1. The maximum Gasteiger partial charge on any atom is 0.321 e. The Bertz CT molecular complexity index is 685. The summed E-state index contributed by atoms with van der Waals surface area (Å²) in [5.74, 6) is 0.846. The van der Waals surface area contributed by atoms with Gasteiger partial charge in [0, 0.05) is 18.8 Å². The number of anilines is 1. The van der Waals surface area contributed by atoms with Gasteiger partial charge in [-0.3, -0.25) is 4.90 Å². The maximum absolute atomic E-state index is 12.5. The van der Waals surface area contributed by atoms with Crippen molar-refractivity contribution in [3.05, 3.63) is 59.7 Å². The first-order valence-electron chi connectivity index (χ1n) is 8.04. The number of rotatable bonds is 4. The molecule has 2 aromatic rings. The minimum Gasteiger partial charge on any atom is -0.497 e. The molecule has 0 spiro atoms. The van der Waals surface area contributed by atoms with Gasteiger partial charge in [0.15, 0.2) is 0 Å². The highest BCUT2D eigenvalue weighted by molar-refractivity contribution is 5.93. The second kappa shape index (κ2) is 7.18. The summed E-state index contributed by atoms with van der Waals surface area (Å²) in [4.78, 5) is 14.3. The zero-order chi connectivity index (χ0) is 16.1. The molecule has 0 fully saturated rings. The number of hydrogen-bond acceptors (Lipinski definition) is 2. The summed E-state index contributed by atoms with van der Waals surface area (Å²) in [6.45, 7) is 1.40. The highest BCUT2D eigenvalue weighted by Crippen LogP contribution is 2.26. The summed E-state index contributed by atoms with van der Waals surface area (Å²) in [7, 11) is 1.66. The first kappa shape index (κ1) is 15.4. The van der Waals surface area contributed by atoms with Gasteiger partial charge in [0.1, 0.15) is 5.75 Å². The quantitative estimate of drug-likeness (QED) is 0.940. The molecule has 0 saturated carbocycles. The van der Waals surface area contributed by atoms with Crippen molar-refractivity contribution in [3.8, 4) is 5.75 Å². The van der Waals surface area contributed by atoms with E-state index in [4.69, 9.17) is 4.74 Å². The van der Waals surface area contributed by atoms with Gasteiger partial charge in [-0.15, -0.1) is 0 Å². The Morgan fingerprint density at radius 3 is 2.96 bits per heavy atom. The second-order valence-corrected chi connectivity index (χ2v) is 5.72. The smallest absolute Gasteiger partial charge is 0.321 e. The molecule has 0 bridgehead atoms. The number of ether oxygens (including phenoxy) is 1. The Labute approximate surface area is 137 Å². The van der Waals surface area contributed by atoms with E-state index in [1.54, 1.807) is 7.11 Å². The number of urea groups is 1. The molecule has 1 aliphatic heterocycles. The van der Waals surface area contributed by atoms with Crippen LogP contribution in [0.5, 0.6) is 5.75 Å². The number of benzene rings is 2. The molecule has 2 aromatic carbocycles. The summed E-state index contributed by atoms with van der Waals surface area (Å²) < 4.78 is 5.22. The summed E-state index contributed by atoms with van der Waals surface area (Å²) >= 11 is 0. The third-order valence-corrected chi connectivity index (χ3v) is 4.18. The Balaban J connectivity index is 1.58. The fourth-order valence-corrected chi connectivity index (χ4v) is 2.98. The molecule has 0 atom stereocenters. The van der Waals surface area contributed by atoms with E-state index >= 15 is 0 Å². The van der Waals surface area contributed by atoms with Crippen LogP contribution >= 0.6 is 0 Å². The summed E-state index contributed by atoms with van der Waals surface area (Å²) in [6, 6.07) is 16.1. The Kier molecular flexibility index (Phi) is 4.81. The molecule has 1 aliphatic rings. The van der Waals surface area contributed by atoms with Gasteiger partial charge >= 0.3 is 6.03 Å². The van der Waals surface area contributed by atoms with E-state index in [-0.39, 0.29) is 6.03 Å². The lowest BCUT2D eigenvalue weighted by molar-refractivity contribution is 0.246. The van der Waals surface area contributed by atoms with Gasteiger partial charge in [0.25, 0.3) is 0 Å². The average Bonchev–Trinajstić information content (AvgIpc) is 2.61. The minimum absolute atomic E-state index is 0.0138. The number of nitrogens with zero attached hydrogens (tertiary/aromatic N) is 1. The van der Waals surface area contributed by atoms with Crippen LogP contribution in [0.3, 0.4) is 0 Å². The molecule has 1 heterocycles. The van der Waals surface area contributed by atoms with Crippen LogP contribution in [-0.4, -0.2) is 26.2 Å². The molecule has 1 N–H and O–H groups in total. The first-order chi connectivity index (χ1) is 11.3. The Morgan fingerprint density at radius 1 is 1.22 bits per heavy atom. The van der Waals surface area contributed by atoms with Gasteiger partial charge in [0.2, 0.25) is 0 Å². The summed E-state index contributed by atoms with van der Waals surface area (Å²) in [6.07, 6.45) is 2.85. The van der Waals surface area contributed by atoms with Crippen molar-refractivity contribution in [2.24, 2.45) is 0 Å². The van der Waals surface area contributed by atoms with E-state index in [1.165, 1.54) is 5.56 Å². The number of hydrogen-bond donors (Lipinski definition) is 1. The molecule has 4 heteroatoms. The van der Waals surface area contributed by atoms with Crippen LogP contribution in [0, 0.1) is 0 Å². The van der Waals surface area contributed by atoms with E-state index in [2.05, 4.69) is 11.4 Å². The largest absolute Gasteiger partial charge is 0.497 e. The standard InChI is InChI=1S/C19H22N2O2/c1-23-17-9-4-6-15(14-17)11-12-20-19(22)21-13-5-8-16-7-2-3-10-18(16)21/h2-4,6-7,9-10,14H,5,8,11-13H2,1H3,(H,20,22). The molecule has 23 heavy (non-hydrogen) atoms. The van der Waals surface area contributed by atoms with Crippen LogP contribution in [0.25, 0.3) is 0 Å². The molecule has 0 unspecified atom stereocenters. The Hall–Kier alpha value is -2.49. The van der Waals surface area contributed by atoms with Crippen LogP contribution in [0.4, 0.5) is 10.5 Å². The number of nitrogens with one attached hydrogen (secondary N) is 1. The maximum atomic E-state index is 12.5. The van der Waals surface area contributed by atoms with Crippen molar-refractivity contribution in [1.29, 1.82) is 0 Å². The number of amides is 2. The van der Waals surface area contributed by atoms with Crippen molar-refractivity contribution >= 4 is 11.7 Å². The van der Waals surface area contributed by atoms with E-state index < -0.39 is 0 Å². The van der Waals surface area contributed by atoms with Gasteiger partial charge in [-0.2, -0.15) is 0 Å². The van der Waals surface area contributed by atoms with Gasteiger partial charge in [0.05, 0.1) is 7.11 Å². The lowest BCUT2D eigenvalue weighted by atomic mass is 10.0. The van der Waals surface area contributed by atoms with Gasteiger partial charge in [-0.1, -0.05) is 30.3 Å². The van der Waals surface area contributed by atoms with Crippen molar-refractivity contribution in [2.45, 2.75) is 19.3 Å². The van der Waals surface area contributed by atoms with E-state index in [1.807, 2.05) is 47.4 Å². The summed E-state index contributed by atoms with van der Waals surface area (Å²) in [5, 5.41) is 3.03. The van der Waals surface area contributed by atoms with Crippen LogP contribution in [0.2, 0.25) is 0 Å². The number of aryl methyl sites for hydroxylation is 1. The predicted octanol–water partition coefficient (Wildman–Crippen LogP) is 3.40. The molecular formula is C19H22N2O2. The highest BCUT2D eigenvalue weighted by Gasteiger charge is 2.21. The molecule has 120 valence electrons. The highest BCUT2D eigenvalue weighted by atomic mass is 16.5. The van der Waals surface area contributed by atoms with Crippen LogP contribution < -0.4 is 15.0 Å². The monoisotopic (exact) mass is 310 g/mol. The van der Waals surface area contributed by atoms with Gasteiger partial charge in [-0.25, -0.2) is 4.79 Å². The normalized spacial score (nSPS) is 13.3. The molecule has 3 rings (SSSR count). The van der Waals surface area contributed by atoms with Crippen molar-refractivity contribution < 1.29 is 9.53 Å². The number of methoxy groups -OCH3 is 1. The van der Waals surface area contributed by atoms with Crippen LogP contribution in [0.1, 0.15) is 17.5 Å². The Morgan fingerprint density at radius 2 is 2.09 bits per heavy atom. The number of fused-ring (bicyclic) bond motifs is 1. The van der Waals surface area contributed by atoms with Crippen LogP contribution in [-0.2, 0) is 12.8 Å². The van der Waals surface area contributed by atoms with Gasteiger partial charge < -0.3 is 10.1 Å². The molecule has 0 aliphatic carbocycles. The summed E-state index contributed by atoms with van der Waals surface area (Å²) in [5.41, 5.74) is 3.45. The van der Waals surface area contributed by atoms with Crippen molar-refractivity contribution in [1.82, 2.24) is 5.32 Å². The third kappa shape index (κ3) is 3.65. The second-order valence-electron chi connectivity index (χ2n) is 5.72. The van der Waals surface area contributed by atoms with E-state index in [0.29, 0.717) is 6.54 Å². The van der Waals surface area contributed by atoms with Crippen molar-refractivity contribution in [2.75, 3.05) is 25.1 Å². The van der Waals surface area contributed by atoms with E-state index in [0.717, 1.165) is 42.8 Å². The minimum atomic E-state index is -0.0138. The fourth-order valence-electron chi connectivity index (χ4n) is 2.98. The molecule has 2 amide bonds. The van der Waals surface area contributed by atoms with E-state index in [9.17, 15) is 4.79 Å². The molecule has 0 aromatic heterocycles. The number of para-hydroxylation sites is 1. The zero-order valence-electron chi connectivity index (χ0n) is 13.4. The lowest BCUT2D eigenvalue weighted by Crippen LogP contribution is -2.43. The molecule has 0 saturated heterocycles.